The number of para-hydroxylation sites is 2. The lowest BCUT2D eigenvalue weighted by Crippen LogP contribution is -2.17. The van der Waals surface area contributed by atoms with Crippen LogP contribution in [-0.2, 0) is 0 Å². The van der Waals surface area contributed by atoms with Crippen LogP contribution in [-0.4, -0.2) is 35.6 Å². The topological polar surface area (TPSA) is 59.0 Å². The van der Waals surface area contributed by atoms with Gasteiger partial charge in [-0.15, -0.1) is 0 Å². The van der Waals surface area contributed by atoms with Gasteiger partial charge in [-0.2, -0.15) is 0 Å². The summed E-state index contributed by atoms with van der Waals surface area (Å²) in [7, 11) is 1.64. The van der Waals surface area contributed by atoms with Crippen molar-refractivity contribution in [1.29, 1.82) is 0 Å². The van der Waals surface area contributed by atoms with E-state index < -0.39 is 0 Å². The Labute approximate surface area is 140 Å². The van der Waals surface area contributed by atoms with E-state index in [-0.39, 0.29) is 5.91 Å². The minimum Gasteiger partial charge on any atom is -0.355 e. The molecule has 2 N–H and O–H groups in total. The Balaban J connectivity index is 1.83. The molecule has 2 heterocycles. The van der Waals surface area contributed by atoms with Gasteiger partial charge in [0.25, 0.3) is 5.91 Å². The van der Waals surface area contributed by atoms with Gasteiger partial charge in [-0.1, -0.05) is 24.3 Å². The minimum atomic E-state index is -0.0740. The van der Waals surface area contributed by atoms with E-state index in [9.17, 15) is 4.79 Å². The predicted molar refractivity (Wildman–Crippen MR) is 95.1 cm³/mol. The average molecular weight is 320 g/mol. The maximum atomic E-state index is 11.7. The second-order valence-corrected chi connectivity index (χ2v) is 6.10. The third-order valence-electron chi connectivity index (χ3n) is 4.63. The van der Waals surface area contributed by atoms with Crippen LogP contribution in [0.25, 0.3) is 22.4 Å². The van der Waals surface area contributed by atoms with Crippen molar-refractivity contribution in [3.8, 4) is 11.4 Å². The number of fused-ring (bicyclic) bond motifs is 1. The molecule has 1 aliphatic rings. The average Bonchev–Trinajstić information content (AvgIpc) is 3.28. The van der Waals surface area contributed by atoms with Crippen LogP contribution in [0.5, 0.6) is 0 Å². The first kappa shape index (κ1) is 14.9. The molecule has 0 aliphatic carbocycles. The van der Waals surface area contributed by atoms with E-state index in [1.165, 1.54) is 0 Å². The van der Waals surface area contributed by atoms with Crippen molar-refractivity contribution in [3.05, 3.63) is 54.1 Å². The fraction of sp³-hybridized carbons (Fsp3) is 0.263. The predicted octanol–water partition coefficient (Wildman–Crippen LogP) is 2.60. The fourth-order valence-corrected chi connectivity index (χ4v) is 3.39. The second-order valence-electron chi connectivity index (χ2n) is 6.10. The van der Waals surface area contributed by atoms with Crippen LogP contribution < -0.4 is 10.6 Å². The van der Waals surface area contributed by atoms with Crippen molar-refractivity contribution in [2.24, 2.45) is 0 Å². The van der Waals surface area contributed by atoms with Crippen molar-refractivity contribution >= 4 is 16.9 Å². The Morgan fingerprint density at radius 2 is 2.00 bits per heavy atom. The zero-order valence-corrected chi connectivity index (χ0v) is 13.6. The largest absolute Gasteiger partial charge is 0.355 e. The van der Waals surface area contributed by atoms with E-state index >= 15 is 0 Å². The molecule has 4 rings (SSSR count). The standard InChI is InChI=1S/C19H20N4O/c1-20-19(24)14-8-6-13(7-9-14)18-22-16-4-2-3-5-17(16)23(18)15-10-11-21-12-15/h2-9,15,21H,10-12H2,1H3,(H,20,24)/t15-/m0/s1. The van der Waals surface area contributed by atoms with Gasteiger partial charge in [0.2, 0.25) is 0 Å². The zero-order chi connectivity index (χ0) is 16.5. The lowest BCUT2D eigenvalue weighted by Gasteiger charge is -2.16. The quantitative estimate of drug-likeness (QED) is 0.780. The Morgan fingerprint density at radius 3 is 2.71 bits per heavy atom. The molecular weight excluding hydrogens is 300 g/mol. The van der Waals surface area contributed by atoms with Crippen LogP contribution in [0.1, 0.15) is 22.8 Å². The highest BCUT2D eigenvalue weighted by molar-refractivity contribution is 5.94. The summed E-state index contributed by atoms with van der Waals surface area (Å²) in [4.78, 5) is 16.6. The molecule has 1 fully saturated rings. The molecule has 0 radical (unpaired) electrons. The molecule has 1 aromatic heterocycles. The van der Waals surface area contributed by atoms with Crippen molar-refractivity contribution in [1.82, 2.24) is 20.2 Å². The van der Waals surface area contributed by atoms with Crippen LogP contribution in [0.15, 0.2) is 48.5 Å². The van der Waals surface area contributed by atoms with Crippen LogP contribution in [0, 0.1) is 0 Å². The van der Waals surface area contributed by atoms with E-state index in [0.717, 1.165) is 41.9 Å². The summed E-state index contributed by atoms with van der Waals surface area (Å²) >= 11 is 0. The lowest BCUT2D eigenvalue weighted by molar-refractivity contribution is 0.0963. The highest BCUT2D eigenvalue weighted by Crippen LogP contribution is 2.30. The van der Waals surface area contributed by atoms with Crippen LogP contribution in [0.3, 0.4) is 0 Å². The molecule has 3 aromatic rings. The summed E-state index contributed by atoms with van der Waals surface area (Å²) in [5, 5.41) is 6.08. The second kappa shape index (κ2) is 6.09. The molecular formula is C19H20N4O. The van der Waals surface area contributed by atoms with Crippen LogP contribution in [0.2, 0.25) is 0 Å². The number of aromatic nitrogens is 2. The van der Waals surface area contributed by atoms with E-state index in [1.54, 1.807) is 7.05 Å². The molecule has 1 saturated heterocycles. The number of amides is 1. The number of rotatable bonds is 3. The molecule has 5 nitrogen and oxygen atoms in total. The SMILES string of the molecule is CNC(=O)c1ccc(-c2nc3ccccc3n2[C@H]2CCNC2)cc1. The minimum absolute atomic E-state index is 0.0740. The lowest BCUT2D eigenvalue weighted by atomic mass is 10.1. The maximum absolute atomic E-state index is 11.7. The third kappa shape index (κ3) is 2.47. The first-order valence-corrected chi connectivity index (χ1v) is 8.28. The molecule has 5 heteroatoms. The molecule has 1 amide bonds. The summed E-state index contributed by atoms with van der Waals surface area (Å²) in [5.74, 6) is 0.892. The smallest absolute Gasteiger partial charge is 0.251 e. The summed E-state index contributed by atoms with van der Waals surface area (Å²) in [6.45, 7) is 2.00. The zero-order valence-electron chi connectivity index (χ0n) is 13.6. The summed E-state index contributed by atoms with van der Waals surface area (Å²) in [6, 6.07) is 16.3. The van der Waals surface area contributed by atoms with Gasteiger partial charge in [-0.3, -0.25) is 4.79 Å². The third-order valence-corrected chi connectivity index (χ3v) is 4.63. The molecule has 2 aromatic carbocycles. The van der Waals surface area contributed by atoms with Crippen molar-refractivity contribution in [3.63, 3.8) is 0 Å². The van der Waals surface area contributed by atoms with E-state index in [2.05, 4.69) is 33.4 Å². The van der Waals surface area contributed by atoms with Gasteiger partial charge in [0.05, 0.1) is 11.0 Å². The van der Waals surface area contributed by atoms with Gasteiger partial charge in [0.15, 0.2) is 0 Å². The first-order valence-electron chi connectivity index (χ1n) is 8.28. The maximum Gasteiger partial charge on any atom is 0.251 e. The number of carbonyl (C=O) groups excluding carboxylic acids is 1. The van der Waals surface area contributed by atoms with Crippen molar-refractivity contribution < 1.29 is 4.79 Å². The number of imidazole rings is 1. The number of carbonyl (C=O) groups is 1. The number of nitrogens with one attached hydrogen (secondary N) is 2. The summed E-state index contributed by atoms with van der Waals surface area (Å²) in [5.41, 5.74) is 3.86. The van der Waals surface area contributed by atoms with Gasteiger partial charge in [-0.05, 0) is 37.2 Å². The molecule has 24 heavy (non-hydrogen) atoms. The van der Waals surface area contributed by atoms with Crippen LogP contribution >= 0.6 is 0 Å². The van der Waals surface area contributed by atoms with Gasteiger partial charge in [0, 0.05) is 30.8 Å². The summed E-state index contributed by atoms with van der Waals surface area (Å²) < 4.78 is 2.34. The normalized spacial score (nSPS) is 17.3. The molecule has 1 atom stereocenters. The monoisotopic (exact) mass is 320 g/mol. The Hall–Kier alpha value is -2.66. The van der Waals surface area contributed by atoms with Gasteiger partial charge < -0.3 is 15.2 Å². The number of benzene rings is 2. The number of nitrogens with zero attached hydrogens (tertiary/aromatic N) is 2. The molecule has 0 unspecified atom stereocenters. The van der Waals surface area contributed by atoms with E-state index in [4.69, 9.17) is 4.98 Å². The molecule has 122 valence electrons. The van der Waals surface area contributed by atoms with Gasteiger partial charge in [0.1, 0.15) is 5.82 Å². The van der Waals surface area contributed by atoms with E-state index in [1.807, 2.05) is 30.3 Å². The van der Waals surface area contributed by atoms with Gasteiger partial charge >= 0.3 is 0 Å². The molecule has 0 saturated carbocycles. The van der Waals surface area contributed by atoms with E-state index in [0.29, 0.717) is 11.6 Å². The van der Waals surface area contributed by atoms with Crippen molar-refractivity contribution in [2.75, 3.05) is 20.1 Å². The Bertz CT molecular complexity index is 876. The first-order chi connectivity index (χ1) is 11.8. The van der Waals surface area contributed by atoms with Crippen LogP contribution in [0.4, 0.5) is 0 Å². The Kier molecular flexibility index (Phi) is 3.78. The highest BCUT2D eigenvalue weighted by atomic mass is 16.1. The highest BCUT2D eigenvalue weighted by Gasteiger charge is 2.23. The molecule has 0 bridgehead atoms. The Morgan fingerprint density at radius 1 is 1.21 bits per heavy atom. The number of hydrogen-bond donors (Lipinski definition) is 2. The van der Waals surface area contributed by atoms with Gasteiger partial charge in [-0.25, -0.2) is 4.98 Å². The molecule has 1 aliphatic heterocycles. The molecule has 0 spiro atoms. The van der Waals surface area contributed by atoms with Crippen molar-refractivity contribution in [2.45, 2.75) is 12.5 Å². The fourth-order valence-electron chi connectivity index (χ4n) is 3.39. The number of hydrogen-bond acceptors (Lipinski definition) is 3. The summed E-state index contributed by atoms with van der Waals surface area (Å²) in [6.07, 6.45) is 1.10.